The van der Waals surface area contributed by atoms with Gasteiger partial charge in [-0.2, -0.15) is 0 Å². The maximum absolute atomic E-state index is 4.72. The standard InChI is InChI=1S/C16H16N4/c1-10-11(2)20-16(17-3)15(19-10)14-6-4-5-12-9-18-8-7-13(12)14/h4-9H,1-3H3,(H,17,20). The molecule has 0 saturated carbocycles. The van der Waals surface area contributed by atoms with Gasteiger partial charge in [0.05, 0.1) is 11.4 Å². The topological polar surface area (TPSA) is 50.7 Å². The maximum Gasteiger partial charge on any atom is 0.152 e. The Kier molecular flexibility index (Phi) is 3.06. The molecule has 20 heavy (non-hydrogen) atoms. The van der Waals surface area contributed by atoms with Gasteiger partial charge in [0.15, 0.2) is 5.82 Å². The first-order chi connectivity index (χ1) is 9.70. The zero-order chi connectivity index (χ0) is 14.1. The van der Waals surface area contributed by atoms with Crippen molar-refractivity contribution in [3.8, 4) is 11.3 Å². The highest BCUT2D eigenvalue weighted by Crippen LogP contribution is 2.31. The summed E-state index contributed by atoms with van der Waals surface area (Å²) in [6.45, 7) is 3.96. The first-order valence-corrected chi connectivity index (χ1v) is 6.57. The van der Waals surface area contributed by atoms with Crippen molar-refractivity contribution in [2.24, 2.45) is 0 Å². The Morgan fingerprint density at radius 1 is 1.00 bits per heavy atom. The van der Waals surface area contributed by atoms with E-state index in [0.717, 1.165) is 39.2 Å². The third-order valence-electron chi connectivity index (χ3n) is 3.48. The zero-order valence-electron chi connectivity index (χ0n) is 11.8. The highest BCUT2D eigenvalue weighted by molar-refractivity contribution is 5.97. The number of hydrogen-bond acceptors (Lipinski definition) is 4. The van der Waals surface area contributed by atoms with E-state index in [1.165, 1.54) is 0 Å². The first-order valence-electron chi connectivity index (χ1n) is 6.57. The van der Waals surface area contributed by atoms with E-state index < -0.39 is 0 Å². The van der Waals surface area contributed by atoms with Crippen molar-refractivity contribution in [3.05, 3.63) is 48.0 Å². The SMILES string of the molecule is CNc1nc(C)c(C)nc1-c1cccc2cnccc12. The summed E-state index contributed by atoms with van der Waals surface area (Å²) in [5.74, 6) is 0.803. The Hall–Kier alpha value is -2.49. The molecule has 0 amide bonds. The number of fused-ring (bicyclic) bond motifs is 1. The van der Waals surface area contributed by atoms with Crippen LogP contribution in [-0.4, -0.2) is 22.0 Å². The minimum Gasteiger partial charge on any atom is -0.371 e. The molecule has 100 valence electrons. The average Bonchev–Trinajstić information content (AvgIpc) is 2.49. The summed E-state index contributed by atoms with van der Waals surface area (Å²) in [5, 5.41) is 5.38. The van der Waals surface area contributed by atoms with Crippen molar-refractivity contribution in [2.45, 2.75) is 13.8 Å². The Labute approximate surface area is 117 Å². The van der Waals surface area contributed by atoms with Crippen LogP contribution in [0.3, 0.4) is 0 Å². The van der Waals surface area contributed by atoms with Crippen LogP contribution in [-0.2, 0) is 0 Å². The van der Waals surface area contributed by atoms with Gasteiger partial charge in [0.25, 0.3) is 0 Å². The molecule has 4 heteroatoms. The number of aromatic nitrogens is 3. The van der Waals surface area contributed by atoms with E-state index in [4.69, 9.17) is 4.98 Å². The minimum absolute atomic E-state index is 0.803. The molecule has 0 spiro atoms. The molecule has 0 unspecified atom stereocenters. The molecule has 0 bridgehead atoms. The van der Waals surface area contributed by atoms with Gasteiger partial charge in [0.1, 0.15) is 5.69 Å². The molecular formula is C16H16N4. The molecule has 2 heterocycles. The molecule has 1 N–H and O–H groups in total. The van der Waals surface area contributed by atoms with Crippen LogP contribution in [0.5, 0.6) is 0 Å². The molecule has 3 rings (SSSR count). The van der Waals surface area contributed by atoms with Gasteiger partial charge in [-0.3, -0.25) is 4.98 Å². The molecule has 2 aromatic heterocycles. The molecule has 0 aliphatic heterocycles. The highest BCUT2D eigenvalue weighted by Gasteiger charge is 2.12. The number of rotatable bonds is 2. The lowest BCUT2D eigenvalue weighted by atomic mass is 10.0. The summed E-state index contributed by atoms with van der Waals surface area (Å²) in [6, 6.07) is 8.16. The molecule has 0 aliphatic carbocycles. The van der Waals surface area contributed by atoms with Gasteiger partial charge in [-0.1, -0.05) is 18.2 Å². The van der Waals surface area contributed by atoms with E-state index in [1.807, 2.05) is 39.2 Å². The van der Waals surface area contributed by atoms with E-state index in [1.54, 1.807) is 6.20 Å². The van der Waals surface area contributed by atoms with E-state index in [2.05, 4.69) is 27.4 Å². The fraction of sp³-hybridized carbons (Fsp3) is 0.188. The van der Waals surface area contributed by atoms with Gasteiger partial charge in [0, 0.05) is 30.4 Å². The number of aryl methyl sites for hydroxylation is 2. The van der Waals surface area contributed by atoms with E-state index in [-0.39, 0.29) is 0 Å². The monoisotopic (exact) mass is 264 g/mol. The Morgan fingerprint density at radius 2 is 1.80 bits per heavy atom. The molecule has 0 radical (unpaired) electrons. The van der Waals surface area contributed by atoms with Crippen LogP contribution in [0, 0.1) is 13.8 Å². The molecular weight excluding hydrogens is 248 g/mol. The number of nitrogens with one attached hydrogen (secondary N) is 1. The van der Waals surface area contributed by atoms with Crippen molar-refractivity contribution >= 4 is 16.6 Å². The van der Waals surface area contributed by atoms with Crippen LogP contribution in [0.2, 0.25) is 0 Å². The summed E-state index contributed by atoms with van der Waals surface area (Å²) in [4.78, 5) is 13.5. The largest absolute Gasteiger partial charge is 0.371 e. The number of hydrogen-bond donors (Lipinski definition) is 1. The lowest BCUT2D eigenvalue weighted by molar-refractivity contribution is 1.05. The van der Waals surface area contributed by atoms with Crippen LogP contribution in [0.1, 0.15) is 11.4 Å². The Bertz CT molecular complexity index is 775. The number of nitrogens with zero attached hydrogens (tertiary/aromatic N) is 3. The van der Waals surface area contributed by atoms with E-state index >= 15 is 0 Å². The summed E-state index contributed by atoms with van der Waals surface area (Å²) in [5.41, 5.74) is 3.85. The van der Waals surface area contributed by atoms with Gasteiger partial charge in [-0.05, 0) is 25.3 Å². The van der Waals surface area contributed by atoms with Gasteiger partial charge < -0.3 is 5.32 Å². The molecule has 4 nitrogen and oxygen atoms in total. The number of pyridine rings is 1. The third-order valence-corrected chi connectivity index (χ3v) is 3.48. The third kappa shape index (κ3) is 1.99. The van der Waals surface area contributed by atoms with E-state index in [0.29, 0.717) is 0 Å². The lowest BCUT2D eigenvalue weighted by Crippen LogP contribution is -2.03. The summed E-state index contributed by atoms with van der Waals surface area (Å²) in [7, 11) is 1.87. The zero-order valence-corrected chi connectivity index (χ0v) is 11.8. The maximum atomic E-state index is 4.72. The minimum atomic E-state index is 0.803. The van der Waals surface area contributed by atoms with Crippen LogP contribution in [0.25, 0.3) is 22.0 Å². The summed E-state index contributed by atoms with van der Waals surface area (Å²) < 4.78 is 0. The molecule has 0 aliphatic rings. The predicted molar refractivity (Wildman–Crippen MR) is 81.8 cm³/mol. The smallest absolute Gasteiger partial charge is 0.152 e. The van der Waals surface area contributed by atoms with Crippen LogP contribution in [0.15, 0.2) is 36.7 Å². The van der Waals surface area contributed by atoms with Gasteiger partial charge in [0.2, 0.25) is 0 Å². The first kappa shape index (κ1) is 12.5. The number of benzene rings is 1. The molecule has 1 aromatic carbocycles. The quantitative estimate of drug-likeness (QED) is 0.771. The lowest BCUT2D eigenvalue weighted by Gasteiger charge is -2.12. The average molecular weight is 264 g/mol. The second-order valence-electron chi connectivity index (χ2n) is 4.74. The van der Waals surface area contributed by atoms with Crippen molar-refractivity contribution in [1.82, 2.24) is 15.0 Å². The normalized spacial score (nSPS) is 10.8. The molecule has 0 fully saturated rings. The second kappa shape index (κ2) is 4.89. The summed E-state index contributed by atoms with van der Waals surface area (Å²) >= 11 is 0. The Morgan fingerprint density at radius 3 is 2.60 bits per heavy atom. The summed E-state index contributed by atoms with van der Waals surface area (Å²) in [6.07, 6.45) is 3.67. The van der Waals surface area contributed by atoms with Gasteiger partial charge in [-0.15, -0.1) is 0 Å². The highest BCUT2D eigenvalue weighted by atomic mass is 15.0. The Balaban J connectivity index is 2.33. The van der Waals surface area contributed by atoms with Crippen LogP contribution >= 0.6 is 0 Å². The van der Waals surface area contributed by atoms with Crippen molar-refractivity contribution in [3.63, 3.8) is 0 Å². The van der Waals surface area contributed by atoms with Crippen molar-refractivity contribution < 1.29 is 0 Å². The fourth-order valence-electron chi connectivity index (χ4n) is 2.29. The molecule has 0 saturated heterocycles. The molecule has 3 aromatic rings. The van der Waals surface area contributed by atoms with Gasteiger partial charge >= 0.3 is 0 Å². The second-order valence-corrected chi connectivity index (χ2v) is 4.74. The number of anilines is 1. The fourth-order valence-corrected chi connectivity index (χ4v) is 2.29. The van der Waals surface area contributed by atoms with Crippen molar-refractivity contribution in [1.29, 1.82) is 0 Å². The van der Waals surface area contributed by atoms with Gasteiger partial charge in [-0.25, -0.2) is 9.97 Å². The van der Waals surface area contributed by atoms with Crippen LogP contribution in [0.4, 0.5) is 5.82 Å². The van der Waals surface area contributed by atoms with E-state index in [9.17, 15) is 0 Å². The van der Waals surface area contributed by atoms with Crippen molar-refractivity contribution in [2.75, 3.05) is 12.4 Å². The predicted octanol–water partition coefficient (Wildman–Crippen LogP) is 3.35. The molecule has 0 atom stereocenters. The van der Waals surface area contributed by atoms with Crippen LogP contribution < -0.4 is 5.32 Å².